The van der Waals surface area contributed by atoms with Crippen LogP contribution in [0, 0.1) is 0 Å². The molecule has 0 aliphatic carbocycles. The second-order valence-corrected chi connectivity index (χ2v) is 9.68. The first kappa shape index (κ1) is 23.6. The van der Waals surface area contributed by atoms with Crippen molar-refractivity contribution in [2.75, 3.05) is 37.0 Å². The first-order chi connectivity index (χ1) is 12.7. The highest BCUT2D eigenvalue weighted by atomic mass is 33.1. The summed E-state index contributed by atoms with van der Waals surface area (Å²) in [6.45, 7) is 7.32. The molecule has 0 radical (unpaired) electrons. The van der Waals surface area contributed by atoms with Crippen LogP contribution in [-0.2, 0) is 16.6 Å². The van der Waals surface area contributed by atoms with Crippen LogP contribution in [0.25, 0.3) is 0 Å². The third kappa shape index (κ3) is 7.98. The van der Waals surface area contributed by atoms with E-state index in [0.717, 1.165) is 22.8 Å². The Morgan fingerprint density at radius 2 is 1.93 bits per heavy atom. The topological polar surface area (TPSA) is 117 Å². The molecule has 152 valence electrons. The van der Waals surface area contributed by atoms with Crippen LogP contribution >= 0.6 is 21.6 Å². The van der Waals surface area contributed by atoms with Crippen LogP contribution in [-0.4, -0.2) is 53.6 Å². The average molecular weight is 415 g/mol. The molecule has 1 rings (SSSR count). The lowest BCUT2D eigenvalue weighted by Crippen LogP contribution is -2.26. The van der Waals surface area contributed by atoms with Crippen LogP contribution in [0.5, 0.6) is 0 Å². The Balaban J connectivity index is 2.76. The lowest BCUT2D eigenvalue weighted by atomic mass is 9.86. The molecule has 0 aromatic carbocycles. The van der Waals surface area contributed by atoms with Crippen molar-refractivity contribution in [2.24, 2.45) is 5.73 Å². The number of pyridine rings is 1. The molecule has 0 saturated heterocycles. The predicted molar refractivity (Wildman–Crippen MR) is 115 cm³/mol. The van der Waals surface area contributed by atoms with Crippen molar-refractivity contribution in [3.63, 3.8) is 0 Å². The summed E-state index contributed by atoms with van der Waals surface area (Å²) >= 11 is 0. The summed E-state index contributed by atoms with van der Waals surface area (Å²) in [5, 5.41) is 15.2. The third-order valence-electron chi connectivity index (χ3n) is 3.69. The minimum absolute atomic E-state index is 0.0474. The maximum absolute atomic E-state index is 12.1. The smallest absolute Gasteiger partial charge is 0.339 e. The molecular weight excluding hydrogens is 384 g/mol. The van der Waals surface area contributed by atoms with Gasteiger partial charge in [-0.15, -0.1) is 0 Å². The predicted octanol–water partition coefficient (Wildman–Crippen LogP) is 2.51. The van der Waals surface area contributed by atoms with Gasteiger partial charge in [0, 0.05) is 43.5 Å². The Bertz CT molecular complexity index is 648. The van der Waals surface area contributed by atoms with E-state index in [-0.39, 0.29) is 16.9 Å². The number of carboxylic acids is 1. The summed E-state index contributed by atoms with van der Waals surface area (Å²) in [6, 6.07) is 1.63. The van der Waals surface area contributed by atoms with Gasteiger partial charge < -0.3 is 21.5 Å². The zero-order valence-corrected chi connectivity index (χ0v) is 18.1. The highest BCUT2D eigenvalue weighted by Gasteiger charge is 2.24. The van der Waals surface area contributed by atoms with E-state index in [9.17, 15) is 14.7 Å². The van der Waals surface area contributed by atoms with Gasteiger partial charge in [0.05, 0.1) is 5.69 Å². The number of nitrogens with zero attached hydrogens (tertiary/aromatic N) is 1. The Hall–Kier alpha value is -1.45. The van der Waals surface area contributed by atoms with Gasteiger partial charge in [-0.3, -0.25) is 4.79 Å². The van der Waals surface area contributed by atoms with Crippen molar-refractivity contribution in [1.29, 1.82) is 0 Å². The number of rotatable bonds is 11. The number of hydrogen-bond donors (Lipinski definition) is 4. The molecule has 0 fully saturated rings. The summed E-state index contributed by atoms with van der Waals surface area (Å²) in [7, 11) is 5.04. The lowest BCUT2D eigenvalue weighted by molar-refractivity contribution is -0.120. The lowest BCUT2D eigenvalue weighted by Gasteiger charge is -2.23. The molecular formula is C18H30N4O3S2. The molecule has 0 bridgehead atoms. The van der Waals surface area contributed by atoms with Crippen LogP contribution in [0.4, 0.5) is 5.82 Å². The molecule has 1 heterocycles. The zero-order chi connectivity index (χ0) is 20.4. The number of anilines is 1. The summed E-state index contributed by atoms with van der Waals surface area (Å²) in [4.78, 5) is 28.1. The van der Waals surface area contributed by atoms with Gasteiger partial charge in [0.15, 0.2) is 0 Å². The van der Waals surface area contributed by atoms with Crippen molar-refractivity contribution in [3.8, 4) is 0 Å². The standard InChI is InChI=1S/C18H30N4O3S2/c1-18(2,3)15-12(11-13(17(24)25)16(20-4)22-15)5-6-14(23)21-8-10-27-26-9-7-19/h11H,5-10,19H2,1-4H3,(H,20,22)(H,21,23)(H,24,25). The van der Waals surface area contributed by atoms with Gasteiger partial charge in [-0.05, 0) is 18.1 Å². The zero-order valence-electron chi connectivity index (χ0n) is 16.4. The van der Waals surface area contributed by atoms with Crippen LogP contribution in [0.3, 0.4) is 0 Å². The number of nitrogens with one attached hydrogen (secondary N) is 2. The molecule has 9 heteroatoms. The molecule has 5 N–H and O–H groups in total. The monoisotopic (exact) mass is 414 g/mol. The van der Waals surface area contributed by atoms with Gasteiger partial charge in [0.25, 0.3) is 0 Å². The van der Waals surface area contributed by atoms with E-state index >= 15 is 0 Å². The molecule has 0 spiro atoms. The first-order valence-electron chi connectivity index (χ1n) is 8.87. The van der Waals surface area contributed by atoms with Crippen LogP contribution < -0.4 is 16.4 Å². The van der Waals surface area contributed by atoms with Crippen molar-refractivity contribution in [3.05, 3.63) is 22.9 Å². The number of nitrogens with two attached hydrogens (primary N) is 1. The fourth-order valence-corrected chi connectivity index (χ4v) is 4.25. The summed E-state index contributed by atoms with van der Waals surface area (Å²) in [5.41, 5.74) is 6.89. The minimum Gasteiger partial charge on any atom is -0.478 e. The van der Waals surface area contributed by atoms with Gasteiger partial charge in [0.1, 0.15) is 11.4 Å². The number of aryl methyl sites for hydroxylation is 1. The van der Waals surface area contributed by atoms with Gasteiger partial charge in [0.2, 0.25) is 5.91 Å². The molecule has 0 aliphatic rings. The first-order valence-corrected chi connectivity index (χ1v) is 11.4. The van der Waals surface area contributed by atoms with Gasteiger partial charge >= 0.3 is 5.97 Å². The van der Waals surface area contributed by atoms with Crippen LogP contribution in [0.2, 0.25) is 0 Å². The van der Waals surface area contributed by atoms with Crippen LogP contribution in [0.1, 0.15) is 48.8 Å². The fraction of sp³-hybridized carbons (Fsp3) is 0.611. The summed E-state index contributed by atoms with van der Waals surface area (Å²) in [5.74, 6) is 0.979. The van der Waals surface area contributed by atoms with E-state index in [1.807, 2.05) is 20.8 Å². The molecule has 7 nitrogen and oxygen atoms in total. The Kier molecular flexibility index (Phi) is 9.97. The maximum Gasteiger partial charge on any atom is 0.339 e. The van der Waals surface area contributed by atoms with E-state index in [2.05, 4.69) is 15.6 Å². The van der Waals surface area contributed by atoms with Crippen LogP contribution in [0.15, 0.2) is 6.07 Å². The quantitative estimate of drug-likeness (QED) is 0.322. The molecule has 1 aromatic rings. The van der Waals surface area contributed by atoms with Gasteiger partial charge in [-0.25, -0.2) is 9.78 Å². The van der Waals surface area contributed by atoms with Crippen molar-refractivity contribution < 1.29 is 14.7 Å². The second-order valence-electron chi connectivity index (χ2n) is 6.98. The summed E-state index contributed by atoms with van der Waals surface area (Å²) < 4.78 is 0. The molecule has 0 unspecified atom stereocenters. The van der Waals surface area contributed by atoms with Gasteiger partial charge in [-0.1, -0.05) is 42.4 Å². The Labute approximate surface area is 169 Å². The number of carbonyl (C=O) groups is 2. The highest BCUT2D eigenvalue weighted by Crippen LogP contribution is 2.29. The number of carboxylic acid groups (broad SMARTS) is 1. The van der Waals surface area contributed by atoms with Gasteiger partial charge in [-0.2, -0.15) is 0 Å². The fourth-order valence-electron chi connectivity index (χ4n) is 2.48. The molecule has 1 aromatic heterocycles. The second kappa shape index (κ2) is 11.4. The van der Waals surface area contributed by atoms with Crippen molar-refractivity contribution in [1.82, 2.24) is 10.3 Å². The normalized spacial score (nSPS) is 11.3. The third-order valence-corrected chi connectivity index (χ3v) is 6.13. The van der Waals surface area contributed by atoms with E-state index < -0.39 is 5.97 Å². The molecule has 1 amide bonds. The van der Waals surface area contributed by atoms with E-state index in [0.29, 0.717) is 31.7 Å². The maximum atomic E-state index is 12.1. The minimum atomic E-state index is -1.04. The molecule has 27 heavy (non-hydrogen) atoms. The highest BCUT2D eigenvalue weighted by molar-refractivity contribution is 8.76. The van der Waals surface area contributed by atoms with E-state index in [4.69, 9.17) is 5.73 Å². The Morgan fingerprint density at radius 3 is 2.48 bits per heavy atom. The SMILES string of the molecule is CNc1nc(C(C)(C)C)c(CCC(=O)NCCSSCCN)cc1C(=O)O. The summed E-state index contributed by atoms with van der Waals surface area (Å²) in [6.07, 6.45) is 0.744. The Morgan fingerprint density at radius 1 is 1.26 bits per heavy atom. The number of hydrogen-bond acceptors (Lipinski definition) is 7. The van der Waals surface area contributed by atoms with Crippen molar-refractivity contribution in [2.45, 2.75) is 39.0 Å². The molecule has 0 atom stereocenters. The van der Waals surface area contributed by atoms with E-state index in [1.54, 1.807) is 34.7 Å². The van der Waals surface area contributed by atoms with E-state index in [1.165, 1.54) is 0 Å². The largest absolute Gasteiger partial charge is 0.478 e. The number of aromatic nitrogens is 1. The number of aromatic carboxylic acids is 1. The molecule has 0 saturated carbocycles. The number of carbonyl (C=O) groups excluding carboxylic acids is 1. The number of amides is 1. The van der Waals surface area contributed by atoms with Crippen molar-refractivity contribution >= 4 is 39.3 Å². The molecule has 0 aliphatic heterocycles. The average Bonchev–Trinajstić information content (AvgIpc) is 2.61.